The van der Waals surface area contributed by atoms with Crippen molar-refractivity contribution in [3.63, 3.8) is 0 Å². The second-order valence-corrected chi connectivity index (χ2v) is 5.21. The van der Waals surface area contributed by atoms with Crippen molar-refractivity contribution in [1.29, 1.82) is 0 Å². The highest BCUT2D eigenvalue weighted by Gasteiger charge is 2.14. The Labute approximate surface area is 129 Å². The van der Waals surface area contributed by atoms with Crippen LogP contribution in [0.1, 0.15) is 11.3 Å². The molecule has 0 spiro atoms. The largest absolute Gasteiger partial charge is 0.467 e. The monoisotopic (exact) mass is 297 g/mol. The normalized spacial score (nSPS) is 11.0. The summed E-state index contributed by atoms with van der Waals surface area (Å²) in [7, 11) is 1.70. The van der Waals surface area contributed by atoms with Crippen molar-refractivity contribution in [3.8, 4) is 0 Å². The van der Waals surface area contributed by atoms with Crippen LogP contribution in [-0.2, 0) is 11.3 Å². The van der Waals surface area contributed by atoms with Gasteiger partial charge >= 0.3 is 0 Å². The maximum atomic E-state index is 5.48. The number of nitrogens with zero attached hydrogens (tertiary/aromatic N) is 3. The Morgan fingerprint density at radius 3 is 2.91 bits per heavy atom. The minimum atomic E-state index is 0.623. The van der Waals surface area contributed by atoms with Gasteiger partial charge in [-0.15, -0.1) is 0 Å². The van der Waals surface area contributed by atoms with Crippen molar-refractivity contribution in [2.75, 3.05) is 25.2 Å². The van der Waals surface area contributed by atoms with E-state index in [1.165, 1.54) is 5.56 Å². The third kappa shape index (κ3) is 3.09. The number of ether oxygens (including phenoxy) is 1. The summed E-state index contributed by atoms with van der Waals surface area (Å²) in [4.78, 5) is 11.0. The van der Waals surface area contributed by atoms with Crippen molar-refractivity contribution in [2.24, 2.45) is 0 Å². The van der Waals surface area contributed by atoms with Gasteiger partial charge in [-0.25, -0.2) is 9.97 Å². The number of benzene rings is 1. The van der Waals surface area contributed by atoms with Crippen LogP contribution in [-0.4, -0.2) is 30.2 Å². The summed E-state index contributed by atoms with van der Waals surface area (Å²) < 4.78 is 10.7. The van der Waals surface area contributed by atoms with E-state index in [0.717, 1.165) is 29.0 Å². The lowest BCUT2D eigenvalue weighted by Gasteiger charge is -2.23. The molecule has 2 aromatic heterocycles. The van der Waals surface area contributed by atoms with Gasteiger partial charge in [-0.1, -0.05) is 11.6 Å². The lowest BCUT2D eigenvalue weighted by Crippen LogP contribution is -2.27. The molecule has 0 fully saturated rings. The van der Waals surface area contributed by atoms with E-state index >= 15 is 0 Å². The summed E-state index contributed by atoms with van der Waals surface area (Å²) in [6.07, 6.45) is 3.29. The Morgan fingerprint density at radius 2 is 2.14 bits per heavy atom. The molecule has 5 nitrogen and oxygen atoms in total. The summed E-state index contributed by atoms with van der Waals surface area (Å²) in [5.41, 5.74) is 2.13. The second kappa shape index (κ2) is 6.58. The molecule has 0 aliphatic carbocycles. The minimum Gasteiger partial charge on any atom is -0.467 e. The average Bonchev–Trinajstić information content (AvgIpc) is 3.04. The van der Waals surface area contributed by atoms with Crippen LogP contribution in [0.4, 0.5) is 5.82 Å². The van der Waals surface area contributed by atoms with Gasteiger partial charge in [0.25, 0.3) is 0 Å². The quantitative estimate of drug-likeness (QED) is 0.699. The van der Waals surface area contributed by atoms with Crippen molar-refractivity contribution in [3.05, 3.63) is 54.2 Å². The molecule has 0 saturated carbocycles. The molecule has 0 bridgehead atoms. The molecule has 3 rings (SSSR count). The summed E-state index contributed by atoms with van der Waals surface area (Å²) in [5.74, 6) is 1.80. The highest BCUT2D eigenvalue weighted by Crippen LogP contribution is 2.25. The van der Waals surface area contributed by atoms with E-state index < -0.39 is 0 Å². The molecular weight excluding hydrogens is 278 g/mol. The van der Waals surface area contributed by atoms with Crippen LogP contribution in [0.25, 0.3) is 10.9 Å². The molecule has 5 heteroatoms. The third-order valence-electron chi connectivity index (χ3n) is 3.56. The zero-order valence-electron chi connectivity index (χ0n) is 12.8. The zero-order chi connectivity index (χ0) is 15.4. The van der Waals surface area contributed by atoms with Crippen molar-refractivity contribution in [1.82, 2.24) is 9.97 Å². The van der Waals surface area contributed by atoms with E-state index in [4.69, 9.17) is 9.15 Å². The van der Waals surface area contributed by atoms with E-state index in [1.54, 1.807) is 19.7 Å². The Balaban J connectivity index is 2.00. The molecule has 0 atom stereocenters. The predicted molar refractivity (Wildman–Crippen MR) is 85.9 cm³/mol. The van der Waals surface area contributed by atoms with Crippen LogP contribution in [0.3, 0.4) is 0 Å². The van der Waals surface area contributed by atoms with E-state index in [2.05, 4.69) is 33.9 Å². The SMILES string of the molecule is COCCN(Cc1ccco1)c1ncnc2ccc(C)cc12. The van der Waals surface area contributed by atoms with Gasteiger partial charge in [0.1, 0.15) is 17.9 Å². The lowest BCUT2D eigenvalue weighted by atomic mass is 10.1. The fourth-order valence-electron chi connectivity index (χ4n) is 2.46. The molecular formula is C17H19N3O2. The molecule has 0 aliphatic rings. The number of methoxy groups -OCH3 is 1. The van der Waals surface area contributed by atoms with Gasteiger partial charge in [-0.05, 0) is 31.2 Å². The second-order valence-electron chi connectivity index (χ2n) is 5.21. The summed E-state index contributed by atoms with van der Waals surface area (Å²) in [6, 6.07) is 10.1. The number of hydrogen-bond donors (Lipinski definition) is 0. The Kier molecular flexibility index (Phi) is 4.34. The van der Waals surface area contributed by atoms with Crippen LogP contribution in [0.15, 0.2) is 47.3 Å². The van der Waals surface area contributed by atoms with Gasteiger partial charge in [0.15, 0.2) is 0 Å². The number of furan rings is 1. The van der Waals surface area contributed by atoms with Crippen molar-refractivity contribution in [2.45, 2.75) is 13.5 Å². The topological polar surface area (TPSA) is 51.4 Å². The van der Waals surface area contributed by atoms with Crippen LogP contribution >= 0.6 is 0 Å². The highest BCUT2D eigenvalue weighted by atomic mass is 16.5. The van der Waals surface area contributed by atoms with Crippen LogP contribution in [0.2, 0.25) is 0 Å². The molecule has 0 radical (unpaired) electrons. The average molecular weight is 297 g/mol. The molecule has 0 aliphatic heterocycles. The molecule has 2 heterocycles. The van der Waals surface area contributed by atoms with Gasteiger partial charge in [-0.2, -0.15) is 0 Å². The third-order valence-corrected chi connectivity index (χ3v) is 3.56. The van der Waals surface area contributed by atoms with Gasteiger partial charge in [0, 0.05) is 19.0 Å². The summed E-state index contributed by atoms with van der Waals surface area (Å²) in [5, 5.41) is 1.05. The predicted octanol–water partition coefficient (Wildman–Crippen LogP) is 3.18. The first-order chi connectivity index (χ1) is 10.8. The molecule has 3 aromatic rings. The molecule has 0 N–H and O–H groups in total. The summed E-state index contributed by atoms with van der Waals surface area (Å²) >= 11 is 0. The molecule has 0 amide bonds. The fourth-order valence-corrected chi connectivity index (χ4v) is 2.46. The maximum Gasteiger partial charge on any atom is 0.140 e. The van der Waals surface area contributed by atoms with Crippen molar-refractivity contribution < 1.29 is 9.15 Å². The fraction of sp³-hybridized carbons (Fsp3) is 0.294. The number of fused-ring (bicyclic) bond motifs is 1. The molecule has 0 unspecified atom stereocenters. The number of hydrogen-bond acceptors (Lipinski definition) is 5. The molecule has 1 aromatic carbocycles. The van der Waals surface area contributed by atoms with E-state index in [1.807, 2.05) is 18.2 Å². The van der Waals surface area contributed by atoms with Gasteiger partial charge < -0.3 is 14.1 Å². The van der Waals surface area contributed by atoms with E-state index in [-0.39, 0.29) is 0 Å². The standard InChI is InChI=1S/C17H19N3O2/c1-13-5-6-16-15(10-13)17(19-12-18-16)20(7-9-21-2)11-14-4-3-8-22-14/h3-6,8,10,12H,7,9,11H2,1-2H3. The maximum absolute atomic E-state index is 5.48. The van der Waals surface area contributed by atoms with Crippen LogP contribution in [0, 0.1) is 6.92 Å². The Bertz CT molecular complexity index is 741. The lowest BCUT2D eigenvalue weighted by molar-refractivity contribution is 0.204. The Hall–Kier alpha value is -2.40. The molecule has 22 heavy (non-hydrogen) atoms. The highest BCUT2D eigenvalue weighted by molar-refractivity contribution is 5.89. The van der Waals surface area contributed by atoms with E-state index in [9.17, 15) is 0 Å². The van der Waals surface area contributed by atoms with Crippen LogP contribution in [0.5, 0.6) is 0 Å². The number of aryl methyl sites for hydroxylation is 1. The Morgan fingerprint density at radius 1 is 1.23 bits per heavy atom. The first kappa shape index (κ1) is 14.5. The smallest absolute Gasteiger partial charge is 0.140 e. The molecule has 0 saturated heterocycles. The number of rotatable bonds is 6. The number of anilines is 1. The first-order valence-electron chi connectivity index (χ1n) is 7.25. The first-order valence-corrected chi connectivity index (χ1v) is 7.25. The van der Waals surface area contributed by atoms with Gasteiger partial charge in [0.2, 0.25) is 0 Å². The van der Waals surface area contributed by atoms with Gasteiger partial charge in [-0.3, -0.25) is 0 Å². The van der Waals surface area contributed by atoms with E-state index in [0.29, 0.717) is 13.2 Å². The van der Waals surface area contributed by atoms with Crippen molar-refractivity contribution >= 4 is 16.7 Å². The minimum absolute atomic E-state index is 0.623. The van der Waals surface area contributed by atoms with Gasteiger partial charge in [0.05, 0.1) is 24.9 Å². The number of aromatic nitrogens is 2. The van der Waals surface area contributed by atoms with Crippen LogP contribution < -0.4 is 4.90 Å². The molecule has 114 valence electrons. The summed E-state index contributed by atoms with van der Waals surface area (Å²) in [6.45, 7) is 4.08. The zero-order valence-corrected chi connectivity index (χ0v) is 12.8.